The first-order chi connectivity index (χ1) is 13.7. The highest BCUT2D eigenvalue weighted by Gasteiger charge is 2.33. The Morgan fingerprint density at radius 1 is 0.931 bits per heavy atom. The molecule has 0 spiro atoms. The fraction of sp³-hybridized carbons (Fsp3) is 0.200. The molecule has 0 aromatic heterocycles. The van der Waals surface area contributed by atoms with Crippen molar-refractivity contribution in [1.82, 2.24) is 0 Å². The zero-order valence-corrected chi connectivity index (χ0v) is 17.9. The molecule has 6 nitrogen and oxygen atoms in total. The molecule has 0 atom stereocenters. The molecule has 2 rings (SSSR count). The van der Waals surface area contributed by atoms with Crippen LogP contribution in [0.3, 0.4) is 0 Å². The average molecular weight is 457 g/mol. The molecule has 0 bridgehead atoms. The lowest BCUT2D eigenvalue weighted by molar-refractivity contribution is -0.133. The van der Waals surface area contributed by atoms with Gasteiger partial charge in [0.15, 0.2) is 23.0 Å². The highest BCUT2D eigenvalue weighted by molar-refractivity contribution is 6.75. The number of alkyl halides is 3. The minimum absolute atomic E-state index is 0.0746. The summed E-state index contributed by atoms with van der Waals surface area (Å²) in [5, 5.41) is 9.59. The lowest BCUT2D eigenvalue weighted by Gasteiger charge is -2.13. The van der Waals surface area contributed by atoms with Crippen LogP contribution in [0, 0.1) is 11.3 Å². The molecule has 9 heteroatoms. The Bertz CT molecular complexity index is 977. The molecule has 0 saturated carbocycles. The normalized spacial score (nSPS) is 11.4. The Morgan fingerprint density at radius 2 is 1.52 bits per heavy atom. The van der Waals surface area contributed by atoms with E-state index < -0.39 is 9.76 Å². The van der Waals surface area contributed by atoms with Crippen molar-refractivity contribution in [1.29, 1.82) is 5.26 Å². The lowest BCUT2D eigenvalue weighted by Crippen LogP contribution is -2.24. The van der Waals surface area contributed by atoms with Gasteiger partial charge in [-0.25, -0.2) is 4.79 Å². The second-order valence-corrected chi connectivity index (χ2v) is 7.82. The van der Waals surface area contributed by atoms with Crippen molar-refractivity contribution in [2.75, 3.05) is 21.3 Å². The van der Waals surface area contributed by atoms with Gasteiger partial charge in [0.05, 0.1) is 33.0 Å². The van der Waals surface area contributed by atoms with Crippen molar-refractivity contribution in [3.8, 4) is 29.1 Å². The van der Waals surface area contributed by atoms with E-state index in [1.54, 1.807) is 36.4 Å². The monoisotopic (exact) mass is 455 g/mol. The molecule has 0 saturated heterocycles. The number of halogens is 3. The van der Waals surface area contributed by atoms with Gasteiger partial charge in [0.25, 0.3) is 3.79 Å². The van der Waals surface area contributed by atoms with Gasteiger partial charge < -0.3 is 18.9 Å². The van der Waals surface area contributed by atoms with Crippen molar-refractivity contribution in [3.05, 3.63) is 47.5 Å². The number of esters is 1. The smallest absolute Gasteiger partial charge is 0.364 e. The number of carbonyl (C=O) groups is 1. The van der Waals surface area contributed by atoms with Crippen LogP contribution in [0.5, 0.6) is 23.0 Å². The van der Waals surface area contributed by atoms with Gasteiger partial charge in [0.2, 0.25) is 0 Å². The van der Waals surface area contributed by atoms with Crippen LogP contribution in [0.25, 0.3) is 11.6 Å². The number of methoxy groups -OCH3 is 3. The van der Waals surface area contributed by atoms with E-state index in [9.17, 15) is 10.1 Å². The highest BCUT2D eigenvalue weighted by atomic mass is 35.6. The van der Waals surface area contributed by atoms with Crippen LogP contribution in [-0.2, 0) is 4.79 Å². The molecule has 0 N–H and O–H groups in total. The average Bonchev–Trinajstić information content (AvgIpc) is 2.71. The molecule has 0 aliphatic heterocycles. The predicted octanol–water partition coefficient (Wildman–Crippen LogP) is 5.05. The Hall–Kier alpha value is -2.59. The zero-order valence-electron chi connectivity index (χ0n) is 15.7. The van der Waals surface area contributed by atoms with E-state index >= 15 is 0 Å². The number of nitrogens with zero attached hydrogens (tertiary/aromatic N) is 1. The Labute approximate surface area is 183 Å². The molecule has 29 heavy (non-hydrogen) atoms. The van der Waals surface area contributed by atoms with E-state index in [1.807, 2.05) is 0 Å². The second-order valence-electron chi connectivity index (χ2n) is 5.54. The van der Waals surface area contributed by atoms with Crippen molar-refractivity contribution < 1.29 is 23.7 Å². The van der Waals surface area contributed by atoms with Gasteiger partial charge >= 0.3 is 5.97 Å². The van der Waals surface area contributed by atoms with Gasteiger partial charge in [-0.1, -0.05) is 40.9 Å². The number of carbonyl (C=O) groups excluding carboxylic acids is 1. The number of hydrogen-bond donors (Lipinski definition) is 0. The number of nitriles is 1. The summed E-state index contributed by atoms with van der Waals surface area (Å²) >= 11 is 16.5. The maximum absolute atomic E-state index is 11.8. The predicted molar refractivity (Wildman–Crippen MR) is 112 cm³/mol. The number of ether oxygens (including phenoxy) is 4. The maximum Gasteiger partial charge on any atom is 0.364 e. The van der Waals surface area contributed by atoms with Crippen molar-refractivity contribution in [3.63, 3.8) is 0 Å². The summed E-state index contributed by atoms with van der Waals surface area (Å²) in [5.41, 5.74) is 1.64. The van der Waals surface area contributed by atoms with Gasteiger partial charge in [-0.05, 0) is 47.5 Å². The molecule has 0 radical (unpaired) electrons. The highest BCUT2D eigenvalue weighted by Crippen LogP contribution is 2.35. The summed E-state index contributed by atoms with van der Waals surface area (Å²) in [6.07, 6.45) is 1.64. The SMILES string of the molecule is COc1ccc(/C(C#N)=C\c2ccc(OC(=O)C(Cl)(Cl)Cl)c(OC)c2)cc1OC. The van der Waals surface area contributed by atoms with Crippen molar-refractivity contribution >= 4 is 52.4 Å². The van der Waals surface area contributed by atoms with Gasteiger partial charge in [0.1, 0.15) is 0 Å². The third kappa shape index (κ3) is 5.70. The molecule has 0 heterocycles. The molecule has 0 fully saturated rings. The largest absolute Gasteiger partial charge is 0.493 e. The molecule has 2 aromatic carbocycles. The first-order valence-corrected chi connectivity index (χ1v) is 9.18. The van der Waals surface area contributed by atoms with Crippen LogP contribution in [0.2, 0.25) is 0 Å². The first kappa shape index (κ1) is 22.7. The summed E-state index contributed by atoms with van der Waals surface area (Å²) in [6.45, 7) is 0. The summed E-state index contributed by atoms with van der Waals surface area (Å²) in [4.78, 5) is 11.8. The summed E-state index contributed by atoms with van der Waals surface area (Å²) in [6, 6.07) is 12.0. The second kappa shape index (κ2) is 9.75. The van der Waals surface area contributed by atoms with Gasteiger partial charge in [-0.2, -0.15) is 5.26 Å². The fourth-order valence-corrected chi connectivity index (χ4v) is 2.48. The van der Waals surface area contributed by atoms with Crippen LogP contribution in [0.4, 0.5) is 0 Å². The lowest BCUT2D eigenvalue weighted by atomic mass is 10.0. The standard InChI is InChI=1S/C20H16Cl3NO5/c1-26-15-7-5-13(10-18(15)28-3)14(11-24)8-12-4-6-16(17(9-12)27-2)29-19(25)20(21,22)23/h4-10H,1-3H3/b14-8-. The molecule has 2 aromatic rings. The van der Waals surface area contributed by atoms with Crippen LogP contribution in [-0.4, -0.2) is 31.1 Å². The van der Waals surface area contributed by atoms with E-state index in [0.29, 0.717) is 28.2 Å². The fourth-order valence-electron chi connectivity index (χ4n) is 2.37. The van der Waals surface area contributed by atoms with E-state index in [2.05, 4.69) is 6.07 Å². The third-order valence-corrected chi connectivity index (χ3v) is 4.21. The molecule has 0 aliphatic rings. The van der Waals surface area contributed by atoms with E-state index in [1.165, 1.54) is 27.4 Å². The van der Waals surface area contributed by atoms with E-state index in [4.69, 9.17) is 53.8 Å². The van der Waals surface area contributed by atoms with Gasteiger partial charge in [-0.15, -0.1) is 0 Å². The van der Waals surface area contributed by atoms with Crippen LogP contribution in [0.15, 0.2) is 36.4 Å². The minimum atomic E-state index is -2.22. The van der Waals surface area contributed by atoms with Crippen LogP contribution in [0.1, 0.15) is 11.1 Å². The quantitative estimate of drug-likeness (QED) is 0.199. The maximum atomic E-state index is 11.8. The number of benzene rings is 2. The van der Waals surface area contributed by atoms with E-state index in [0.717, 1.165) is 0 Å². The minimum Gasteiger partial charge on any atom is -0.493 e. The molecule has 0 amide bonds. The summed E-state index contributed by atoms with van der Waals surface area (Å²) in [7, 11) is 4.44. The van der Waals surface area contributed by atoms with Crippen molar-refractivity contribution in [2.45, 2.75) is 3.79 Å². The molecular formula is C20H16Cl3NO5. The first-order valence-electron chi connectivity index (χ1n) is 8.04. The topological polar surface area (TPSA) is 77.8 Å². The van der Waals surface area contributed by atoms with Crippen LogP contribution < -0.4 is 18.9 Å². The number of hydrogen-bond acceptors (Lipinski definition) is 6. The van der Waals surface area contributed by atoms with Gasteiger partial charge in [-0.3, -0.25) is 0 Å². The third-order valence-electron chi connectivity index (χ3n) is 3.75. The Morgan fingerprint density at radius 3 is 2.07 bits per heavy atom. The summed E-state index contributed by atoms with van der Waals surface area (Å²) < 4.78 is 18.6. The molecular weight excluding hydrogens is 441 g/mol. The Kier molecular flexibility index (Phi) is 7.63. The molecule has 152 valence electrons. The molecule has 0 unspecified atom stereocenters. The Balaban J connectivity index is 2.39. The van der Waals surface area contributed by atoms with Crippen molar-refractivity contribution in [2.24, 2.45) is 0 Å². The van der Waals surface area contributed by atoms with Gasteiger partial charge in [0, 0.05) is 0 Å². The van der Waals surface area contributed by atoms with Crippen LogP contribution >= 0.6 is 34.8 Å². The number of allylic oxidation sites excluding steroid dienone is 1. The zero-order chi connectivity index (χ0) is 21.6. The summed E-state index contributed by atoms with van der Waals surface area (Å²) in [5.74, 6) is 0.289. The number of rotatable bonds is 6. The molecule has 0 aliphatic carbocycles. The van der Waals surface area contributed by atoms with E-state index in [-0.39, 0.29) is 11.5 Å².